The van der Waals surface area contributed by atoms with Crippen LogP contribution in [0.15, 0.2) is 18.2 Å². The predicted octanol–water partition coefficient (Wildman–Crippen LogP) is 3.19. The normalized spacial score (nSPS) is 10.9. The Morgan fingerprint density at radius 3 is 2.84 bits per heavy atom. The standard InChI is InChI=1S/C14H18FN3S/c1-3-7-16-8-6-13-17-18-14(19-13)11-5-4-10(2)9-12(11)15/h4-5,9,16H,3,6-8H2,1-2H3. The van der Waals surface area contributed by atoms with E-state index in [0.717, 1.165) is 36.5 Å². The Morgan fingerprint density at radius 1 is 1.26 bits per heavy atom. The number of nitrogens with zero attached hydrogens (tertiary/aromatic N) is 2. The van der Waals surface area contributed by atoms with E-state index in [9.17, 15) is 4.39 Å². The first kappa shape index (κ1) is 14.1. The summed E-state index contributed by atoms with van der Waals surface area (Å²) in [5.74, 6) is -0.230. The fraction of sp³-hybridized carbons (Fsp3) is 0.429. The van der Waals surface area contributed by atoms with Crippen molar-refractivity contribution in [3.05, 3.63) is 34.6 Å². The van der Waals surface area contributed by atoms with E-state index in [2.05, 4.69) is 22.4 Å². The van der Waals surface area contributed by atoms with Crippen LogP contribution in [0.5, 0.6) is 0 Å². The number of benzene rings is 1. The molecule has 19 heavy (non-hydrogen) atoms. The van der Waals surface area contributed by atoms with Crippen molar-refractivity contribution >= 4 is 11.3 Å². The van der Waals surface area contributed by atoms with Crippen molar-refractivity contribution in [3.8, 4) is 10.6 Å². The second-order valence-corrected chi connectivity index (χ2v) is 5.55. The molecule has 102 valence electrons. The Hall–Kier alpha value is -1.33. The highest BCUT2D eigenvalue weighted by Crippen LogP contribution is 2.26. The maximum Gasteiger partial charge on any atom is 0.150 e. The zero-order valence-corrected chi connectivity index (χ0v) is 12.1. The lowest BCUT2D eigenvalue weighted by Gasteiger charge is -1.99. The van der Waals surface area contributed by atoms with E-state index in [1.54, 1.807) is 6.07 Å². The van der Waals surface area contributed by atoms with Crippen LogP contribution in [0, 0.1) is 12.7 Å². The summed E-state index contributed by atoms with van der Waals surface area (Å²) in [7, 11) is 0. The summed E-state index contributed by atoms with van der Waals surface area (Å²) in [4.78, 5) is 0. The van der Waals surface area contributed by atoms with Gasteiger partial charge in [-0.05, 0) is 37.6 Å². The van der Waals surface area contributed by atoms with Crippen LogP contribution in [0.3, 0.4) is 0 Å². The van der Waals surface area contributed by atoms with Crippen LogP contribution in [0.4, 0.5) is 4.39 Å². The van der Waals surface area contributed by atoms with Crippen LogP contribution >= 0.6 is 11.3 Å². The van der Waals surface area contributed by atoms with Crippen LogP contribution in [0.25, 0.3) is 10.6 Å². The lowest BCUT2D eigenvalue weighted by Crippen LogP contribution is -2.17. The minimum absolute atomic E-state index is 0.230. The second-order valence-electron chi connectivity index (χ2n) is 4.48. The Labute approximate surface area is 116 Å². The molecular weight excluding hydrogens is 261 g/mol. The second kappa shape index (κ2) is 6.73. The van der Waals surface area contributed by atoms with E-state index in [0.29, 0.717) is 10.6 Å². The summed E-state index contributed by atoms with van der Waals surface area (Å²) in [6.45, 7) is 5.91. The number of aryl methyl sites for hydroxylation is 1. The molecule has 0 aliphatic rings. The molecule has 0 aliphatic carbocycles. The number of aromatic nitrogens is 2. The molecule has 2 aromatic rings. The number of rotatable bonds is 6. The third-order valence-electron chi connectivity index (χ3n) is 2.76. The molecule has 0 atom stereocenters. The quantitative estimate of drug-likeness (QED) is 0.825. The van der Waals surface area contributed by atoms with Gasteiger partial charge in [0.2, 0.25) is 0 Å². The van der Waals surface area contributed by atoms with E-state index in [1.807, 2.05) is 13.0 Å². The van der Waals surface area contributed by atoms with Gasteiger partial charge in [0.05, 0.1) is 0 Å². The van der Waals surface area contributed by atoms with Crippen molar-refractivity contribution in [2.45, 2.75) is 26.7 Å². The number of nitrogens with one attached hydrogen (secondary N) is 1. The van der Waals surface area contributed by atoms with Crippen LogP contribution in [-0.4, -0.2) is 23.3 Å². The third kappa shape index (κ3) is 3.81. The van der Waals surface area contributed by atoms with Gasteiger partial charge in [0.1, 0.15) is 10.8 Å². The molecule has 0 bridgehead atoms. The van der Waals surface area contributed by atoms with Crippen LogP contribution in [-0.2, 0) is 6.42 Å². The van der Waals surface area contributed by atoms with Crippen molar-refractivity contribution in [2.75, 3.05) is 13.1 Å². The average molecular weight is 279 g/mol. The van der Waals surface area contributed by atoms with Gasteiger partial charge in [-0.15, -0.1) is 10.2 Å². The zero-order valence-electron chi connectivity index (χ0n) is 11.2. The Morgan fingerprint density at radius 2 is 2.11 bits per heavy atom. The van der Waals surface area contributed by atoms with Crippen LogP contribution < -0.4 is 5.32 Å². The number of hydrogen-bond donors (Lipinski definition) is 1. The summed E-state index contributed by atoms with van der Waals surface area (Å²) < 4.78 is 13.8. The summed E-state index contributed by atoms with van der Waals surface area (Å²) >= 11 is 1.46. The molecule has 1 aromatic heterocycles. The minimum atomic E-state index is -0.230. The van der Waals surface area contributed by atoms with Crippen molar-refractivity contribution in [2.24, 2.45) is 0 Å². The highest BCUT2D eigenvalue weighted by atomic mass is 32.1. The molecule has 0 amide bonds. The van der Waals surface area contributed by atoms with Crippen molar-refractivity contribution < 1.29 is 4.39 Å². The molecule has 0 unspecified atom stereocenters. The largest absolute Gasteiger partial charge is 0.316 e. The van der Waals surface area contributed by atoms with Crippen molar-refractivity contribution in [1.29, 1.82) is 0 Å². The maximum absolute atomic E-state index is 13.8. The van der Waals surface area contributed by atoms with Gasteiger partial charge in [0, 0.05) is 18.5 Å². The molecule has 1 N–H and O–H groups in total. The topological polar surface area (TPSA) is 37.8 Å². The monoisotopic (exact) mass is 279 g/mol. The molecular formula is C14H18FN3S. The maximum atomic E-state index is 13.8. The fourth-order valence-corrected chi connectivity index (χ4v) is 2.62. The van der Waals surface area contributed by atoms with Gasteiger partial charge in [-0.2, -0.15) is 0 Å². The summed E-state index contributed by atoms with van der Waals surface area (Å²) in [5.41, 5.74) is 1.45. The molecule has 0 saturated heterocycles. The van der Waals surface area contributed by atoms with Gasteiger partial charge in [0.25, 0.3) is 0 Å². The van der Waals surface area contributed by atoms with Crippen molar-refractivity contribution in [1.82, 2.24) is 15.5 Å². The fourth-order valence-electron chi connectivity index (χ4n) is 1.75. The Kier molecular flexibility index (Phi) is 4.99. The molecule has 1 heterocycles. The van der Waals surface area contributed by atoms with Crippen molar-refractivity contribution in [3.63, 3.8) is 0 Å². The first-order chi connectivity index (χ1) is 9.20. The lowest BCUT2D eigenvalue weighted by atomic mass is 10.1. The van der Waals surface area contributed by atoms with E-state index >= 15 is 0 Å². The van der Waals surface area contributed by atoms with Gasteiger partial charge in [-0.25, -0.2) is 4.39 Å². The van der Waals surface area contributed by atoms with Gasteiger partial charge >= 0.3 is 0 Å². The van der Waals surface area contributed by atoms with Gasteiger partial charge in [-0.3, -0.25) is 0 Å². The zero-order chi connectivity index (χ0) is 13.7. The number of halogens is 1. The highest BCUT2D eigenvalue weighted by Gasteiger charge is 2.11. The third-order valence-corrected chi connectivity index (χ3v) is 3.78. The van der Waals surface area contributed by atoms with Crippen LogP contribution in [0.2, 0.25) is 0 Å². The van der Waals surface area contributed by atoms with Gasteiger partial charge in [-0.1, -0.05) is 24.3 Å². The molecule has 0 aliphatic heterocycles. The SMILES string of the molecule is CCCNCCc1nnc(-c2ccc(C)cc2F)s1. The molecule has 0 spiro atoms. The minimum Gasteiger partial charge on any atom is -0.316 e. The predicted molar refractivity (Wildman–Crippen MR) is 76.9 cm³/mol. The van der Waals surface area contributed by atoms with Gasteiger partial charge < -0.3 is 5.32 Å². The number of hydrogen-bond acceptors (Lipinski definition) is 4. The molecule has 0 saturated carbocycles. The van der Waals surface area contributed by atoms with E-state index in [-0.39, 0.29) is 5.82 Å². The Bertz CT molecular complexity index is 539. The molecule has 2 rings (SSSR count). The highest BCUT2D eigenvalue weighted by molar-refractivity contribution is 7.14. The average Bonchev–Trinajstić information content (AvgIpc) is 2.83. The van der Waals surface area contributed by atoms with E-state index in [1.165, 1.54) is 17.4 Å². The van der Waals surface area contributed by atoms with E-state index < -0.39 is 0 Å². The van der Waals surface area contributed by atoms with Crippen LogP contribution in [0.1, 0.15) is 23.9 Å². The molecule has 0 radical (unpaired) electrons. The summed E-state index contributed by atoms with van der Waals surface area (Å²) in [6.07, 6.45) is 1.96. The molecule has 1 aromatic carbocycles. The summed E-state index contributed by atoms with van der Waals surface area (Å²) in [5, 5.41) is 13.1. The lowest BCUT2D eigenvalue weighted by molar-refractivity contribution is 0.629. The van der Waals surface area contributed by atoms with Gasteiger partial charge in [0.15, 0.2) is 5.01 Å². The first-order valence-corrected chi connectivity index (χ1v) is 7.32. The first-order valence-electron chi connectivity index (χ1n) is 6.50. The smallest absolute Gasteiger partial charge is 0.150 e. The summed E-state index contributed by atoms with van der Waals surface area (Å²) in [6, 6.07) is 5.19. The van der Waals surface area contributed by atoms with E-state index in [4.69, 9.17) is 0 Å². The Balaban J connectivity index is 2.04. The molecule has 3 nitrogen and oxygen atoms in total. The molecule has 5 heteroatoms. The molecule has 0 fully saturated rings.